The van der Waals surface area contributed by atoms with E-state index < -0.39 is 10.0 Å². The molecule has 0 saturated carbocycles. The first kappa shape index (κ1) is 15.3. The summed E-state index contributed by atoms with van der Waals surface area (Å²) >= 11 is 0. The second kappa shape index (κ2) is 5.71. The lowest BCUT2D eigenvalue weighted by atomic mass is 10.1. The molecule has 6 nitrogen and oxygen atoms in total. The van der Waals surface area contributed by atoms with Crippen LogP contribution in [0.2, 0.25) is 0 Å². The molecule has 2 aromatic rings. The Labute approximate surface area is 124 Å². The quantitative estimate of drug-likeness (QED) is 0.593. The predicted molar refractivity (Wildman–Crippen MR) is 83.5 cm³/mol. The van der Waals surface area contributed by atoms with E-state index in [1.165, 1.54) is 0 Å². The van der Waals surface area contributed by atoms with Crippen molar-refractivity contribution in [2.24, 2.45) is 5.84 Å². The van der Waals surface area contributed by atoms with Gasteiger partial charge in [-0.15, -0.1) is 0 Å². The van der Waals surface area contributed by atoms with E-state index >= 15 is 0 Å². The topological polar surface area (TPSA) is 97.1 Å². The van der Waals surface area contributed by atoms with Crippen LogP contribution in [0.1, 0.15) is 16.7 Å². The predicted octanol–water partition coefficient (Wildman–Crippen LogP) is 2.09. The molecule has 2 rings (SSSR count). The van der Waals surface area contributed by atoms with Crippen LogP contribution in [0.3, 0.4) is 0 Å². The highest BCUT2D eigenvalue weighted by Gasteiger charge is 2.21. The molecule has 1 aromatic heterocycles. The monoisotopic (exact) mass is 306 g/mol. The van der Waals surface area contributed by atoms with E-state index in [0.717, 1.165) is 5.56 Å². The molecule has 0 bridgehead atoms. The fourth-order valence-electron chi connectivity index (χ4n) is 2.23. The van der Waals surface area contributed by atoms with Crippen molar-refractivity contribution < 1.29 is 8.42 Å². The van der Waals surface area contributed by atoms with Crippen LogP contribution >= 0.6 is 0 Å². The Hall–Kier alpha value is -2.12. The van der Waals surface area contributed by atoms with E-state index in [9.17, 15) is 8.42 Å². The van der Waals surface area contributed by atoms with Gasteiger partial charge in [0.15, 0.2) is 0 Å². The van der Waals surface area contributed by atoms with Crippen LogP contribution in [-0.2, 0) is 10.0 Å². The first-order chi connectivity index (χ1) is 9.85. The number of nitrogens with two attached hydrogens (primary N) is 1. The van der Waals surface area contributed by atoms with E-state index in [4.69, 9.17) is 5.84 Å². The second-order valence-electron chi connectivity index (χ2n) is 4.86. The normalized spacial score (nSPS) is 11.2. The third-order valence-corrected chi connectivity index (χ3v) is 4.78. The standard InChI is InChI=1S/C14H18N4O2S/c1-9-5-4-6-16-14(9)18-21(19,20)13-10(2)7-12(17-15)8-11(13)3/h4-8,17H,15H2,1-3H3,(H,16,18). The van der Waals surface area contributed by atoms with Gasteiger partial charge >= 0.3 is 0 Å². The van der Waals surface area contributed by atoms with Crippen LogP contribution in [0.4, 0.5) is 11.5 Å². The number of aryl methyl sites for hydroxylation is 3. The fourth-order valence-corrected chi connectivity index (χ4v) is 3.76. The van der Waals surface area contributed by atoms with E-state index in [1.807, 2.05) is 0 Å². The van der Waals surface area contributed by atoms with E-state index in [0.29, 0.717) is 22.6 Å². The highest BCUT2D eigenvalue weighted by molar-refractivity contribution is 7.92. The number of hydrogen-bond donors (Lipinski definition) is 3. The van der Waals surface area contributed by atoms with Gasteiger partial charge in [0.25, 0.3) is 10.0 Å². The van der Waals surface area contributed by atoms with Gasteiger partial charge in [0.05, 0.1) is 4.90 Å². The Morgan fingerprint density at radius 1 is 1.10 bits per heavy atom. The molecular formula is C14H18N4O2S. The van der Waals surface area contributed by atoms with Gasteiger partial charge in [-0.25, -0.2) is 13.4 Å². The van der Waals surface area contributed by atoms with Gasteiger partial charge in [0, 0.05) is 11.9 Å². The van der Waals surface area contributed by atoms with Crippen molar-refractivity contribution in [3.05, 3.63) is 47.2 Å². The Morgan fingerprint density at radius 3 is 2.24 bits per heavy atom. The summed E-state index contributed by atoms with van der Waals surface area (Å²) in [6, 6.07) is 6.93. The summed E-state index contributed by atoms with van der Waals surface area (Å²) in [6.07, 6.45) is 1.55. The zero-order chi connectivity index (χ0) is 15.6. The molecule has 0 aliphatic carbocycles. The van der Waals surface area contributed by atoms with Gasteiger partial charge in [0.1, 0.15) is 5.82 Å². The summed E-state index contributed by atoms with van der Waals surface area (Å²) in [5.41, 5.74) is 5.17. The third kappa shape index (κ3) is 3.14. The number of nitrogens with zero attached hydrogens (tertiary/aromatic N) is 1. The lowest BCUT2D eigenvalue weighted by Gasteiger charge is -2.15. The van der Waals surface area contributed by atoms with Gasteiger partial charge in [-0.05, 0) is 55.7 Å². The van der Waals surface area contributed by atoms with Gasteiger partial charge in [0.2, 0.25) is 0 Å². The van der Waals surface area contributed by atoms with Crippen LogP contribution in [-0.4, -0.2) is 13.4 Å². The summed E-state index contributed by atoms with van der Waals surface area (Å²) in [5.74, 6) is 5.70. The zero-order valence-corrected chi connectivity index (χ0v) is 13.0. The Bertz CT molecular complexity index is 749. The number of sulfonamides is 1. The lowest BCUT2D eigenvalue weighted by molar-refractivity contribution is 0.600. The number of nitrogens with one attached hydrogen (secondary N) is 2. The van der Waals surface area contributed by atoms with E-state index in [2.05, 4.69) is 15.1 Å². The third-order valence-electron chi connectivity index (χ3n) is 3.14. The number of nitrogen functional groups attached to an aromatic ring is 1. The summed E-state index contributed by atoms with van der Waals surface area (Å²) in [6.45, 7) is 5.26. The minimum absolute atomic E-state index is 0.242. The van der Waals surface area contributed by atoms with E-state index in [-0.39, 0.29) is 4.90 Å². The molecule has 21 heavy (non-hydrogen) atoms. The molecule has 4 N–H and O–H groups in total. The van der Waals surface area contributed by atoms with Crippen molar-refractivity contribution in [3.63, 3.8) is 0 Å². The van der Waals surface area contributed by atoms with Gasteiger partial charge in [-0.1, -0.05) is 6.07 Å². The first-order valence-electron chi connectivity index (χ1n) is 6.37. The molecule has 1 heterocycles. The number of pyridine rings is 1. The zero-order valence-electron chi connectivity index (χ0n) is 12.1. The maximum absolute atomic E-state index is 12.6. The first-order valence-corrected chi connectivity index (χ1v) is 7.86. The van der Waals surface area contributed by atoms with Crippen molar-refractivity contribution in [1.29, 1.82) is 0 Å². The summed E-state index contributed by atoms with van der Waals surface area (Å²) in [7, 11) is -3.70. The van der Waals surface area contributed by atoms with E-state index in [1.54, 1.807) is 51.2 Å². The smallest absolute Gasteiger partial charge is 0.263 e. The highest BCUT2D eigenvalue weighted by Crippen LogP contribution is 2.26. The molecule has 0 fully saturated rings. The minimum atomic E-state index is -3.70. The van der Waals surface area contributed by atoms with Crippen molar-refractivity contribution >= 4 is 21.5 Å². The summed E-state index contributed by atoms with van der Waals surface area (Å²) < 4.78 is 27.7. The SMILES string of the molecule is Cc1cccnc1NS(=O)(=O)c1c(C)cc(NN)cc1C. The Kier molecular flexibility index (Phi) is 4.15. The van der Waals surface area contributed by atoms with Gasteiger partial charge in [-0.2, -0.15) is 0 Å². The Balaban J connectivity index is 2.48. The van der Waals surface area contributed by atoms with Crippen LogP contribution < -0.4 is 16.0 Å². The van der Waals surface area contributed by atoms with Crippen molar-refractivity contribution in [3.8, 4) is 0 Å². The maximum atomic E-state index is 12.6. The molecule has 0 amide bonds. The molecule has 0 unspecified atom stereocenters. The fraction of sp³-hybridized carbons (Fsp3) is 0.214. The Morgan fingerprint density at radius 2 is 1.71 bits per heavy atom. The van der Waals surface area contributed by atoms with Crippen molar-refractivity contribution in [1.82, 2.24) is 4.98 Å². The number of anilines is 2. The minimum Gasteiger partial charge on any atom is -0.324 e. The molecular weight excluding hydrogens is 288 g/mol. The maximum Gasteiger partial charge on any atom is 0.263 e. The molecule has 1 aromatic carbocycles. The summed E-state index contributed by atoms with van der Waals surface area (Å²) in [4.78, 5) is 4.30. The van der Waals surface area contributed by atoms with Crippen LogP contribution in [0.15, 0.2) is 35.4 Å². The number of hydrogen-bond acceptors (Lipinski definition) is 5. The van der Waals surface area contributed by atoms with Crippen LogP contribution in [0.5, 0.6) is 0 Å². The molecule has 0 radical (unpaired) electrons. The molecule has 0 atom stereocenters. The lowest BCUT2D eigenvalue weighted by Crippen LogP contribution is -2.18. The van der Waals surface area contributed by atoms with Crippen LogP contribution in [0.25, 0.3) is 0 Å². The number of aromatic nitrogens is 1. The molecule has 112 valence electrons. The molecule has 0 aliphatic rings. The van der Waals surface area contributed by atoms with Crippen molar-refractivity contribution in [2.75, 3.05) is 10.1 Å². The number of hydrazine groups is 1. The molecule has 7 heteroatoms. The average molecular weight is 306 g/mol. The summed E-state index contributed by atoms with van der Waals surface area (Å²) in [5, 5.41) is 0. The number of benzene rings is 1. The highest BCUT2D eigenvalue weighted by atomic mass is 32.2. The van der Waals surface area contributed by atoms with Crippen LogP contribution in [0, 0.1) is 20.8 Å². The average Bonchev–Trinajstić information content (AvgIpc) is 2.40. The van der Waals surface area contributed by atoms with Gasteiger partial charge in [-0.3, -0.25) is 10.6 Å². The molecule has 0 aliphatic heterocycles. The molecule has 0 saturated heterocycles. The van der Waals surface area contributed by atoms with Gasteiger partial charge < -0.3 is 5.43 Å². The number of rotatable bonds is 4. The van der Waals surface area contributed by atoms with Crippen molar-refractivity contribution in [2.45, 2.75) is 25.7 Å². The molecule has 0 spiro atoms. The largest absolute Gasteiger partial charge is 0.324 e. The second-order valence-corrected chi connectivity index (χ2v) is 6.48.